The summed E-state index contributed by atoms with van der Waals surface area (Å²) in [6, 6.07) is 0. The van der Waals surface area contributed by atoms with Gasteiger partial charge >= 0.3 is 5.97 Å². The van der Waals surface area contributed by atoms with E-state index < -0.39 is 0 Å². The second kappa shape index (κ2) is 22.3. The number of carbonyl (C=O) groups excluding carboxylic acids is 1. The summed E-state index contributed by atoms with van der Waals surface area (Å²) < 4.78 is 4.65. The molecule has 0 amide bonds. The number of allylic oxidation sites excluding steroid dienone is 1. The van der Waals surface area contributed by atoms with E-state index in [0.29, 0.717) is 6.42 Å². The Morgan fingerprint density at radius 1 is 0.571 bits per heavy atom. The van der Waals surface area contributed by atoms with Crippen molar-refractivity contribution in [2.75, 3.05) is 14.2 Å². The van der Waals surface area contributed by atoms with Gasteiger partial charge < -0.3 is 9.62 Å². The maximum atomic E-state index is 11.0. The largest absolute Gasteiger partial charge is 0.469 e. The van der Waals surface area contributed by atoms with Crippen molar-refractivity contribution < 1.29 is 19.3 Å². The zero-order chi connectivity index (χ0) is 20.7. The predicted molar refractivity (Wildman–Crippen MR) is 117 cm³/mol. The van der Waals surface area contributed by atoms with Crippen molar-refractivity contribution in [3.8, 4) is 0 Å². The highest BCUT2D eigenvalue weighted by molar-refractivity contribution is 5.68. The van der Waals surface area contributed by atoms with E-state index in [2.05, 4.69) is 16.2 Å². The monoisotopic (exact) mass is 398 g/mol. The molecule has 0 fully saturated rings. The number of unbranched alkanes of at least 4 members (excludes halogenated alkanes) is 16. The van der Waals surface area contributed by atoms with Gasteiger partial charge in [0.2, 0.25) is 0 Å². The minimum absolute atomic E-state index is 0.0733. The molecule has 166 valence electrons. The molecule has 0 aromatic heterocycles. The Labute approximate surface area is 174 Å². The third-order valence-corrected chi connectivity index (χ3v) is 5.27. The average molecular weight is 399 g/mol. The van der Waals surface area contributed by atoms with Crippen LogP contribution < -0.4 is 0 Å². The summed E-state index contributed by atoms with van der Waals surface area (Å²) >= 11 is 0. The number of hydrogen-bond donors (Lipinski definition) is 0. The Bertz CT molecular complexity index is 355. The van der Waals surface area contributed by atoms with Gasteiger partial charge in [0.1, 0.15) is 5.76 Å². The number of methoxy groups -OCH3 is 1. The van der Waals surface area contributed by atoms with E-state index in [1.165, 1.54) is 104 Å². The predicted octanol–water partition coefficient (Wildman–Crippen LogP) is 7.66. The molecular weight excluding hydrogens is 352 g/mol. The second-order valence-corrected chi connectivity index (χ2v) is 7.88. The molecule has 4 heteroatoms. The number of esters is 1. The van der Waals surface area contributed by atoms with Crippen molar-refractivity contribution in [1.29, 1.82) is 0 Å². The van der Waals surface area contributed by atoms with Crippen LogP contribution in [0.4, 0.5) is 0 Å². The van der Waals surface area contributed by atoms with E-state index in [0.717, 1.165) is 31.4 Å². The van der Waals surface area contributed by atoms with Gasteiger partial charge in [-0.25, -0.2) is 0 Å². The lowest BCUT2D eigenvalue weighted by molar-refractivity contribution is -0.239. The van der Waals surface area contributed by atoms with Gasteiger partial charge in [-0.05, 0) is 12.8 Å². The Balaban J connectivity index is 3.07. The van der Waals surface area contributed by atoms with Crippen molar-refractivity contribution in [2.45, 2.75) is 122 Å². The van der Waals surface area contributed by atoms with Crippen LogP contribution in [-0.2, 0) is 19.3 Å². The molecule has 0 unspecified atom stereocenters. The Morgan fingerprint density at radius 2 is 0.893 bits per heavy atom. The molecule has 0 spiro atoms. The Morgan fingerprint density at radius 3 is 1.21 bits per heavy atom. The van der Waals surface area contributed by atoms with Crippen molar-refractivity contribution in [3.05, 3.63) is 12.3 Å². The van der Waals surface area contributed by atoms with Gasteiger partial charge in [-0.15, -0.1) is 0 Å². The molecule has 0 aliphatic rings. The molecule has 0 heterocycles. The molecule has 28 heavy (non-hydrogen) atoms. The quantitative estimate of drug-likeness (QED) is 0.0617. The van der Waals surface area contributed by atoms with Crippen molar-refractivity contribution >= 4 is 5.97 Å². The minimum Gasteiger partial charge on any atom is -0.469 e. The maximum Gasteiger partial charge on any atom is 0.305 e. The molecule has 4 nitrogen and oxygen atoms in total. The molecule has 0 saturated heterocycles. The summed E-state index contributed by atoms with van der Waals surface area (Å²) in [4.78, 5) is 20.5. The van der Waals surface area contributed by atoms with Crippen LogP contribution in [0.5, 0.6) is 0 Å². The number of rotatable bonds is 22. The zero-order valence-corrected chi connectivity index (χ0v) is 18.8. The van der Waals surface area contributed by atoms with Crippen LogP contribution in [0.1, 0.15) is 122 Å². The van der Waals surface area contributed by atoms with E-state index in [1.807, 2.05) is 0 Å². The molecule has 0 aromatic carbocycles. The van der Waals surface area contributed by atoms with E-state index in [4.69, 9.17) is 4.89 Å². The van der Waals surface area contributed by atoms with Crippen molar-refractivity contribution in [1.82, 2.24) is 0 Å². The molecule has 0 radical (unpaired) electrons. The molecule has 0 atom stereocenters. The lowest BCUT2D eigenvalue weighted by Crippen LogP contribution is -1.99. The number of ether oxygens (including phenoxy) is 1. The van der Waals surface area contributed by atoms with Crippen LogP contribution in [0.3, 0.4) is 0 Å². The van der Waals surface area contributed by atoms with Crippen LogP contribution in [0, 0.1) is 0 Å². The smallest absolute Gasteiger partial charge is 0.305 e. The number of hydrogen-bond acceptors (Lipinski definition) is 4. The SMILES string of the molecule is C=C(CCCCCCCCCCCCCCCCCCCC(=O)OC)OOC. The molecule has 0 aliphatic carbocycles. The van der Waals surface area contributed by atoms with Gasteiger partial charge in [-0.2, -0.15) is 4.89 Å². The van der Waals surface area contributed by atoms with Crippen molar-refractivity contribution in [2.24, 2.45) is 0 Å². The van der Waals surface area contributed by atoms with E-state index in [-0.39, 0.29) is 5.97 Å². The summed E-state index contributed by atoms with van der Waals surface area (Å²) in [5.74, 6) is 0.661. The maximum absolute atomic E-state index is 11.0. The van der Waals surface area contributed by atoms with Crippen LogP contribution >= 0.6 is 0 Å². The second-order valence-electron chi connectivity index (χ2n) is 7.88. The number of carbonyl (C=O) groups is 1. The molecule has 0 aromatic rings. The first-order chi connectivity index (χ1) is 13.7. The summed E-state index contributed by atoms with van der Waals surface area (Å²) in [5.41, 5.74) is 0. The lowest BCUT2D eigenvalue weighted by Gasteiger charge is -2.05. The highest BCUT2D eigenvalue weighted by Crippen LogP contribution is 2.15. The lowest BCUT2D eigenvalue weighted by atomic mass is 10.0. The van der Waals surface area contributed by atoms with Gasteiger partial charge in [0, 0.05) is 12.8 Å². The summed E-state index contributed by atoms with van der Waals surface area (Å²) in [6.45, 7) is 3.81. The highest BCUT2D eigenvalue weighted by Gasteiger charge is 1.99. The summed E-state index contributed by atoms with van der Waals surface area (Å²) in [7, 11) is 2.98. The topological polar surface area (TPSA) is 44.8 Å². The Hall–Kier alpha value is -1.03. The molecule has 0 rings (SSSR count). The fourth-order valence-corrected chi connectivity index (χ4v) is 3.50. The average Bonchev–Trinajstić information content (AvgIpc) is 2.69. The van der Waals surface area contributed by atoms with Crippen LogP contribution in [-0.4, -0.2) is 20.2 Å². The summed E-state index contributed by atoms with van der Waals surface area (Å²) in [5, 5.41) is 0. The standard InChI is InChI=1S/C24H46O4/c1-23(28-27-3)21-19-17-15-13-11-9-7-5-4-6-8-10-12-14-16-18-20-22-24(25)26-2/h1,4-22H2,2-3H3. The van der Waals surface area contributed by atoms with E-state index >= 15 is 0 Å². The first kappa shape index (κ1) is 27.0. The van der Waals surface area contributed by atoms with Crippen LogP contribution in [0.15, 0.2) is 12.3 Å². The molecular formula is C24H46O4. The van der Waals surface area contributed by atoms with Crippen LogP contribution in [0.2, 0.25) is 0 Å². The fourth-order valence-electron chi connectivity index (χ4n) is 3.50. The summed E-state index contributed by atoms with van der Waals surface area (Å²) in [6.07, 6.45) is 23.8. The molecule has 0 aliphatic heterocycles. The third kappa shape index (κ3) is 21.3. The molecule has 0 bridgehead atoms. The fraction of sp³-hybridized carbons (Fsp3) is 0.875. The minimum atomic E-state index is -0.0733. The normalized spacial score (nSPS) is 10.8. The van der Waals surface area contributed by atoms with Gasteiger partial charge in [-0.1, -0.05) is 103 Å². The van der Waals surface area contributed by atoms with E-state index in [9.17, 15) is 4.79 Å². The van der Waals surface area contributed by atoms with E-state index in [1.54, 1.807) is 0 Å². The zero-order valence-electron chi connectivity index (χ0n) is 18.8. The molecule has 0 saturated carbocycles. The van der Waals surface area contributed by atoms with Gasteiger partial charge in [0.15, 0.2) is 0 Å². The Kier molecular flexibility index (Phi) is 21.4. The first-order valence-corrected chi connectivity index (χ1v) is 11.7. The third-order valence-electron chi connectivity index (χ3n) is 5.27. The molecule has 0 N–H and O–H groups in total. The van der Waals surface area contributed by atoms with Gasteiger partial charge in [-0.3, -0.25) is 4.79 Å². The highest BCUT2D eigenvalue weighted by atomic mass is 17.2. The van der Waals surface area contributed by atoms with Gasteiger partial charge in [0.05, 0.1) is 14.2 Å². The van der Waals surface area contributed by atoms with Crippen molar-refractivity contribution in [3.63, 3.8) is 0 Å². The van der Waals surface area contributed by atoms with Gasteiger partial charge in [0.25, 0.3) is 0 Å². The first-order valence-electron chi connectivity index (χ1n) is 11.7. The van der Waals surface area contributed by atoms with Crippen LogP contribution in [0.25, 0.3) is 0 Å².